The van der Waals surface area contributed by atoms with Crippen molar-refractivity contribution in [1.29, 1.82) is 0 Å². The number of fused-ring (bicyclic) bond motifs is 1. The predicted molar refractivity (Wildman–Crippen MR) is 136 cm³/mol. The molecule has 6 rings (SSSR count). The third-order valence-electron chi connectivity index (χ3n) is 7.08. The molecule has 0 spiro atoms. The Balaban J connectivity index is 1.07. The number of hydrogen-bond donors (Lipinski definition) is 2. The summed E-state index contributed by atoms with van der Waals surface area (Å²) in [6.45, 7) is 3.96. The molecule has 3 aliphatic rings. The fourth-order valence-electron chi connectivity index (χ4n) is 5.33. The molecule has 2 atom stereocenters. The number of benzene rings is 2. The zero-order chi connectivity index (χ0) is 24.2. The van der Waals surface area contributed by atoms with Gasteiger partial charge in [0.05, 0.1) is 29.0 Å². The Bertz CT molecular complexity index is 1420. The lowest BCUT2D eigenvalue weighted by molar-refractivity contribution is -0.113. The number of amides is 2. The SMILES string of the molecule is CC1(NCCC[C@@H]2CN(c3ccc4c(c3)NC(=O)CS4)C(=O)O2)Cn2c(=O)ccc3cccc1c32. The summed E-state index contributed by atoms with van der Waals surface area (Å²) in [6, 6.07) is 15.4. The summed E-state index contributed by atoms with van der Waals surface area (Å²) in [4.78, 5) is 39.3. The van der Waals surface area contributed by atoms with Crippen molar-refractivity contribution in [3.63, 3.8) is 0 Å². The predicted octanol–water partition coefficient (Wildman–Crippen LogP) is 3.67. The number of para-hydroxylation sites is 1. The van der Waals surface area contributed by atoms with Crippen LogP contribution >= 0.6 is 11.8 Å². The Morgan fingerprint density at radius 3 is 2.94 bits per heavy atom. The van der Waals surface area contributed by atoms with E-state index in [9.17, 15) is 14.4 Å². The largest absolute Gasteiger partial charge is 0.444 e. The number of anilines is 2. The number of nitrogens with one attached hydrogen (secondary N) is 2. The smallest absolute Gasteiger partial charge is 0.414 e. The first-order valence-electron chi connectivity index (χ1n) is 11.8. The van der Waals surface area contributed by atoms with Gasteiger partial charge in [0.2, 0.25) is 5.91 Å². The number of cyclic esters (lactones) is 1. The Kier molecular flexibility index (Phi) is 5.34. The summed E-state index contributed by atoms with van der Waals surface area (Å²) >= 11 is 1.50. The Hall–Kier alpha value is -3.30. The minimum absolute atomic E-state index is 0.0220. The zero-order valence-electron chi connectivity index (χ0n) is 19.4. The molecule has 1 saturated heterocycles. The molecule has 0 saturated carbocycles. The molecular formula is C26H26N4O4S. The second kappa shape index (κ2) is 8.42. The molecule has 1 unspecified atom stereocenters. The first-order valence-corrected chi connectivity index (χ1v) is 12.8. The van der Waals surface area contributed by atoms with E-state index in [1.165, 1.54) is 11.8 Å². The minimum atomic E-state index is -0.359. The summed E-state index contributed by atoms with van der Waals surface area (Å²) in [7, 11) is 0. The van der Waals surface area contributed by atoms with Crippen LogP contribution in [0.2, 0.25) is 0 Å². The lowest BCUT2D eigenvalue weighted by atomic mass is 9.93. The number of nitrogens with zero attached hydrogens (tertiary/aromatic N) is 2. The number of pyridine rings is 1. The molecule has 2 aromatic carbocycles. The van der Waals surface area contributed by atoms with Gasteiger partial charge in [0.15, 0.2) is 0 Å². The maximum atomic E-state index is 12.5. The minimum Gasteiger partial charge on any atom is -0.444 e. The van der Waals surface area contributed by atoms with Crippen LogP contribution in [-0.4, -0.2) is 41.5 Å². The fraction of sp³-hybridized carbons (Fsp3) is 0.346. The third kappa shape index (κ3) is 3.88. The molecule has 3 aromatic rings. The van der Waals surface area contributed by atoms with Gasteiger partial charge >= 0.3 is 6.09 Å². The number of ether oxygens (including phenoxy) is 1. The van der Waals surface area contributed by atoms with Gasteiger partial charge in [0, 0.05) is 23.2 Å². The van der Waals surface area contributed by atoms with Crippen molar-refractivity contribution in [2.45, 2.75) is 42.8 Å². The van der Waals surface area contributed by atoms with Crippen LogP contribution in [0, 0.1) is 0 Å². The molecule has 4 heterocycles. The first kappa shape index (κ1) is 22.2. The Labute approximate surface area is 206 Å². The van der Waals surface area contributed by atoms with Crippen molar-refractivity contribution in [2.75, 3.05) is 29.1 Å². The van der Waals surface area contributed by atoms with E-state index in [0.717, 1.165) is 52.1 Å². The second-order valence-electron chi connectivity index (χ2n) is 9.54. The van der Waals surface area contributed by atoms with Crippen LogP contribution < -0.4 is 21.1 Å². The van der Waals surface area contributed by atoms with Gasteiger partial charge in [-0.15, -0.1) is 11.8 Å². The van der Waals surface area contributed by atoms with Gasteiger partial charge in [0.25, 0.3) is 5.56 Å². The van der Waals surface area contributed by atoms with E-state index in [2.05, 4.69) is 23.6 Å². The van der Waals surface area contributed by atoms with Crippen LogP contribution in [0.1, 0.15) is 25.3 Å². The number of hydrogen-bond acceptors (Lipinski definition) is 6. The molecule has 1 fully saturated rings. The van der Waals surface area contributed by atoms with E-state index in [1.807, 2.05) is 41.0 Å². The lowest BCUT2D eigenvalue weighted by Gasteiger charge is -2.27. The van der Waals surface area contributed by atoms with Crippen LogP contribution in [0.4, 0.5) is 16.2 Å². The van der Waals surface area contributed by atoms with Gasteiger partial charge in [-0.1, -0.05) is 18.2 Å². The fourth-order valence-corrected chi connectivity index (χ4v) is 6.12. The molecule has 35 heavy (non-hydrogen) atoms. The van der Waals surface area contributed by atoms with E-state index in [0.29, 0.717) is 18.8 Å². The number of rotatable bonds is 6. The summed E-state index contributed by atoms with van der Waals surface area (Å²) in [5.74, 6) is 0.375. The van der Waals surface area contributed by atoms with Gasteiger partial charge < -0.3 is 19.9 Å². The highest BCUT2D eigenvalue weighted by molar-refractivity contribution is 8.00. The second-order valence-corrected chi connectivity index (χ2v) is 10.6. The number of carbonyl (C=O) groups is 2. The molecule has 9 heteroatoms. The zero-order valence-corrected chi connectivity index (χ0v) is 20.2. The highest BCUT2D eigenvalue weighted by Crippen LogP contribution is 2.37. The molecule has 8 nitrogen and oxygen atoms in total. The van der Waals surface area contributed by atoms with Crippen molar-refractivity contribution < 1.29 is 14.3 Å². The van der Waals surface area contributed by atoms with E-state index in [1.54, 1.807) is 11.0 Å². The molecule has 0 bridgehead atoms. The highest BCUT2D eigenvalue weighted by atomic mass is 32.2. The van der Waals surface area contributed by atoms with Gasteiger partial charge in [-0.2, -0.15) is 0 Å². The maximum absolute atomic E-state index is 12.5. The van der Waals surface area contributed by atoms with E-state index in [4.69, 9.17) is 4.74 Å². The number of aromatic nitrogens is 1. The topological polar surface area (TPSA) is 92.7 Å². The number of carbonyl (C=O) groups excluding carboxylic acids is 2. The first-order chi connectivity index (χ1) is 16.9. The van der Waals surface area contributed by atoms with E-state index < -0.39 is 0 Å². The molecular weight excluding hydrogens is 464 g/mol. The molecule has 0 radical (unpaired) electrons. The monoisotopic (exact) mass is 490 g/mol. The van der Waals surface area contributed by atoms with Gasteiger partial charge in [-0.3, -0.25) is 14.5 Å². The van der Waals surface area contributed by atoms with Gasteiger partial charge in [0.1, 0.15) is 6.10 Å². The third-order valence-corrected chi connectivity index (χ3v) is 8.15. The Morgan fingerprint density at radius 2 is 2.06 bits per heavy atom. The van der Waals surface area contributed by atoms with Crippen LogP contribution in [0.3, 0.4) is 0 Å². The molecule has 3 aliphatic heterocycles. The summed E-state index contributed by atoms with van der Waals surface area (Å²) in [5, 5.41) is 7.60. The summed E-state index contributed by atoms with van der Waals surface area (Å²) < 4.78 is 7.48. The quantitative estimate of drug-likeness (QED) is 0.513. The molecule has 2 N–H and O–H groups in total. The average Bonchev–Trinajstić information content (AvgIpc) is 3.37. The highest BCUT2D eigenvalue weighted by Gasteiger charge is 2.36. The van der Waals surface area contributed by atoms with E-state index >= 15 is 0 Å². The van der Waals surface area contributed by atoms with Crippen molar-refractivity contribution in [1.82, 2.24) is 9.88 Å². The number of thioether (sulfide) groups is 1. The van der Waals surface area contributed by atoms with Crippen molar-refractivity contribution >= 4 is 46.0 Å². The van der Waals surface area contributed by atoms with Gasteiger partial charge in [-0.25, -0.2) is 4.79 Å². The lowest BCUT2D eigenvalue weighted by Crippen LogP contribution is -2.41. The normalized spacial score (nSPS) is 22.9. The van der Waals surface area contributed by atoms with Crippen molar-refractivity contribution in [3.05, 3.63) is 64.4 Å². The van der Waals surface area contributed by atoms with Crippen LogP contribution in [0.25, 0.3) is 10.9 Å². The summed E-state index contributed by atoms with van der Waals surface area (Å²) in [5.41, 5.74) is 3.32. The maximum Gasteiger partial charge on any atom is 0.414 e. The molecule has 180 valence electrons. The molecule has 2 amide bonds. The van der Waals surface area contributed by atoms with E-state index in [-0.39, 0.29) is 29.2 Å². The van der Waals surface area contributed by atoms with Crippen LogP contribution in [0.15, 0.2) is 58.2 Å². The van der Waals surface area contributed by atoms with Crippen LogP contribution in [-0.2, 0) is 21.6 Å². The Morgan fingerprint density at radius 1 is 1.17 bits per heavy atom. The van der Waals surface area contributed by atoms with Crippen LogP contribution in [0.5, 0.6) is 0 Å². The standard InChI is InChI=1S/C26H26N4O4S/c1-26(15-30-23(32)10-7-16-4-2-6-19(26)24(16)30)27-11-3-5-18-13-29(25(33)34-18)17-8-9-21-20(12-17)28-22(31)14-35-21/h2,4,6-10,12,18,27H,3,5,11,13-15H2,1H3,(H,28,31)/t18-,26?/m1/s1. The van der Waals surface area contributed by atoms with Crippen molar-refractivity contribution in [2.24, 2.45) is 0 Å². The average molecular weight is 491 g/mol. The van der Waals surface area contributed by atoms with Gasteiger partial charge in [-0.05, 0) is 61.5 Å². The summed E-state index contributed by atoms with van der Waals surface area (Å²) in [6.07, 6.45) is 1.02. The molecule has 1 aromatic heterocycles. The molecule has 0 aliphatic carbocycles. The van der Waals surface area contributed by atoms with Crippen molar-refractivity contribution in [3.8, 4) is 0 Å².